The first-order valence-corrected chi connectivity index (χ1v) is 8.80. The van der Waals surface area contributed by atoms with E-state index < -0.39 is 27.7 Å². The summed E-state index contributed by atoms with van der Waals surface area (Å²) in [5.74, 6) is -1.57. The molecule has 0 radical (unpaired) electrons. The molecule has 0 amide bonds. The van der Waals surface area contributed by atoms with Crippen molar-refractivity contribution in [1.29, 1.82) is 0 Å². The predicted octanol–water partition coefficient (Wildman–Crippen LogP) is 0.573. The quantitative estimate of drug-likeness (QED) is 0.415. The van der Waals surface area contributed by atoms with Crippen LogP contribution in [0.5, 0.6) is 0 Å². The summed E-state index contributed by atoms with van der Waals surface area (Å²) in [4.78, 5) is 45.4. The van der Waals surface area contributed by atoms with Crippen LogP contribution in [0.25, 0.3) is 0 Å². The standard InChI is InChI=1S/C10H14O10P2/c11-10(12)9(20-22(16,17)18)8-3-1-7(2-4-8)5-6-19-21(13,14)15/h1-4,9H,5-6H2,(H,11,12)(H2,13,14,15)(H2,16,17,18). The zero-order valence-electron chi connectivity index (χ0n) is 11.0. The van der Waals surface area contributed by atoms with Crippen molar-refractivity contribution in [2.45, 2.75) is 12.5 Å². The normalized spacial score (nSPS) is 13.8. The minimum atomic E-state index is -4.98. The molecule has 1 aromatic carbocycles. The average Bonchev–Trinajstić information content (AvgIpc) is 2.34. The molecule has 5 N–H and O–H groups in total. The highest BCUT2D eigenvalue weighted by molar-refractivity contribution is 7.46. The summed E-state index contributed by atoms with van der Waals surface area (Å²) in [5.41, 5.74) is 0.591. The predicted molar refractivity (Wildman–Crippen MR) is 71.6 cm³/mol. The van der Waals surface area contributed by atoms with Crippen molar-refractivity contribution >= 4 is 21.6 Å². The van der Waals surface area contributed by atoms with Gasteiger partial charge in [0.1, 0.15) is 0 Å². The number of rotatable bonds is 8. The number of aliphatic carboxylic acids is 1. The van der Waals surface area contributed by atoms with E-state index in [-0.39, 0.29) is 18.6 Å². The zero-order valence-corrected chi connectivity index (χ0v) is 12.8. The van der Waals surface area contributed by atoms with Gasteiger partial charge in [0.05, 0.1) is 6.61 Å². The summed E-state index contributed by atoms with van der Waals surface area (Å²) in [6, 6.07) is 5.41. The highest BCUT2D eigenvalue weighted by Gasteiger charge is 2.29. The van der Waals surface area contributed by atoms with Gasteiger partial charge in [0.2, 0.25) is 0 Å². The minimum Gasteiger partial charge on any atom is -0.479 e. The summed E-state index contributed by atoms with van der Waals surface area (Å²) in [7, 11) is -9.53. The summed E-state index contributed by atoms with van der Waals surface area (Å²) in [5, 5.41) is 8.92. The molecule has 10 nitrogen and oxygen atoms in total. The van der Waals surface area contributed by atoms with Gasteiger partial charge in [-0.1, -0.05) is 24.3 Å². The lowest BCUT2D eigenvalue weighted by Gasteiger charge is -2.14. The zero-order chi connectivity index (χ0) is 17.0. The van der Waals surface area contributed by atoms with Crippen LogP contribution in [-0.2, 0) is 29.4 Å². The summed E-state index contributed by atoms with van der Waals surface area (Å²) in [6.07, 6.45) is -1.68. The highest BCUT2D eigenvalue weighted by atomic mass is 31.2. The molecule has 0 aliphatic rings. The fourth-order valence-electron chi connectivity index (χ4n) is 1.53. The van der Waals surface area contributed by atoms with Gasteiger partial charge in [-0.3, -0.25) is 9.05 Å². The Hall–Kier alpha value is -1.09. The second kappa shape index (κ2) is 7.45. The number of phosphoric ester groups is 2. The van der Waals surface area contributed by atoms with E-state index >= 15 is 0 Å². The second-order valence-electron chi connectivity index (χ2n) is 4.13. The topological polar surface area (TPSA) is 171 Å². The van der Waals surface area contributed by atoms with E-state index in [1.807, 2.05) is 0 Å². The Bertz CT molecular complexity index is 601. The first-order chi connectivity index (χ1) is 9.98. The largest absolute Gasteiger partial charge is 0.479 e. The van der Waals surface area contributed by atoms with Gasteiger partial charge in [-0.05, 0) is 17.5 Å². The Morgan fingerprint density at radius 2 is 1.59 bits per heavy atom. The van der Waals surface area contributed by atoms with Gasteiger partial charge in [-0.2, -0.15) is 0 Å². The summed E-state index contributed by atoms with van der Waals surface area (Å²) >= 11 is 0. The monoisotopic (exact) mass is 356 g/mol. The Kier molecular flexibility index (Phi) is 6.42. The van der Waals surface area contributed by atoms with Crippen LogP contribution < -0.4 is 0 Å². The number of phosphoric acid groups is 2. The molecule has 0 spiro atoms. The molecule has 1 atom stereocenters. The Labute approximate surface area is 124 Å². The third-order valence-electron chi connectivity index (χ3n) is 2.40. The van der Waals surface area contributed by atoms with Crippen LogP contribution in [-0.4, -0.2) is 37.3 Å². The van der Waals surface area contributed by atoms with Crippen LogP contribution in [0.1, 0.15) is 17.2 Å². The molecule has 1 aromatic rings. The molecule has 0 heterocycles. The Morgan fingerprint density at radius 1 is 1.05 bits per heavy atom. The number of carbonyl (C=O) groups is 1. The molecule has 0 aliphatic heterocycles. The molecule has 0 bridgehead atoms. The highest BCUT2D eigenvalue weighted by Crippen LogP contribution is 2.42. The average molecular weight is 356 g/mol. The third kappa shape index (κ3) is 7.26. The molecule has 0 aliphatic carbocycles. The lowest BCUT2D eigenvalue weighted by Crippen LogP contribution is -2.14. The number of hydrogen-bond donors (Lipinski definition) is 5. The molecular weight excluding hydrogens is 342 g/mol. The van der Waals surface area contributed by atoms with Crippen molar-refractivity contribution in [3.63, 3.8) is 0 Å². The fourth-order valence-corrected chi connectivity index (χ4v) is 2.34. The van der Waals surface area contributed by atoms with Crippen LogP contribution >= 0.6 is 15.6 Å². The van der Waals surface area contributed by atoms with E-state index in [4.69, 9.17) is 24.7 Å². The molecule has 124 valence electrons. The van der Waals surface area contributed by atoms with Crippen LogP contribution in [0.2, 0.25) is 0 Å². The van der Waals surface area contributed by atoms with Gasteiger partial charge in [0.15, 0.2) is 6.10 Å². The molecule has 0 saturated heterocycles. The summed E-state index contributed by atoms with van der Waals surface area (Å²) in [6.45, 7) is -0.245. The second-order valence-corrected chi connectivity index (χ2v) is 6.56. The Balaban J connectivity index is 2.75. The molecule has 22 heavy (non-hydrogen) atoms. The SMILES string of the molecule is O=C(O)C(OP(=O)(O)O)c1ccc(CCOP(=O)(O)O)cc1. The number of carboxylic acids is 1. The van der Waals surface area contributed by atoms with Gasteiger partial charge in [-0.15, -0.1) is 0 Å². The fraction of sp³-hybridized carbons (Fsp3) is 0.300. The van der Waals surface area contributed by atoms with E-state index in [0.29, 0.717) is 5.56 Å². The van der Waals surface area contributed by atoms with Gasteiger partial charge >= 0.3 is 21.6 Å². The van der Waals surface area contributed by atoms with Crippen molar-refractivity contribution in [2.24, 2.45) is 0 Å². The van der Waals surface area contributed by atoms with Crippen LogP contribution in [0.4, 0.5) is 0 Å². The molecular formula is C10H14O10P2. The van der Waals surface area contributed by atoms with E-state index in [9.17, 15) is 13.9 Å². The Morgan fingerprint density at radius 3 is 2.00 bits per heavy atom. The maximum atomic E-state index is 11.0. The molecule has 1 unspecified atom stereocenters. The lowest BCUT2D eigenvalue weighted by atomic mass is 10.1. The van der Waals surface area contributed by atoms with E-state index in [0.717, 1.165) is 0 Å². The van der Waals surface area contributed by atoms with Crippen molar-refractivity contribution in [1.82, 2.24) is 0 Å². The van der Waals surface area contributed by atoms with Crippen LogP contribution in [0.15, 0.2) is 24.3 Å². The van der Waals surface area contributed by atoms with Crippen molar-refractivity contribution in [3.05, 3.63) is 35.4 Å². The van der Waals surface area contributed by atoms with E-state index in [2.05, 4.69) is 9.05 Å². The van der Waals surface area contributed by atoms with E-state index in [1.54, 1.807) is 0 Å². The van der Waals surface area contributed by atoms with Crippen molar-refractivity contribution in [2.75, 3.05) is 6.61 Å². The first-order valence-electron chi connectivity index (χ1n) is 5.73. The summed E-state index contributed by atoms with van der Waals surface area (Å²) < 4.78 is 29.7. The number of hydrogen-bond acceptors (Lipinski definition) is 5. The van der Waals surface area contributed by atoms with Gasteiger partial charge in [0.25, 0.3) is 0 Å². The molecule has 1 rings (SSSR count). The smallest absolute Gasteiger partial charge is 0.470 e. The lowest BCUT2D eigenvalue weighted by molar-refractivity contribution is -0.146. The molecule has 0 saturated carbocycles. The van der Waals surface area contributed by atoms with Gasteiger partial charge in [-0.25, -0.2) is 13.9 Å². The maximum absolute atomic E-state index is 11.0. The number of carboxylic acid groups (broad SMARTS) is 1. The van der Waals surface area contributed by atoms with Gasteiger partial charge in [0, 0.05) is 0 Å². The molecule has 12 heteroatoms. The van der Waals surface area contributed by atoms with Crippen LogP contribution in [0.3, 0.4) is 0 Å². The molecule has 0 fully saturated rings. The van der Waals surface area contributed by atoms with Gasteiger partial charge < -0.3 is 24.7 Å². The van der Waals surface area contributed by atoms with Crippen LogP contribution in [0, 0.1) is 0 Å². The van der Waals surface area contributed by atoms with Crippen molar-refractivity contribution in [3.8, 4) is 0 Å². The third-order valence-corrected chi connectivity index (χ3v) is 3.40. The first kappa shape index (κ1) is 19.0. The molecule has 0 aromatic heterocycles. The minimum absolute atomic E-state index is 0.00971. The van der Waals surface area contributed by atoms with Crippen molar-refractivity contribution < 1.29 is 47.7 Å². The van der Waals surface area contributed by atoms with E-state index in [1.165, 1.54) is 24.3 Å². The maximum Gasteiger partial charge on any atom is 0.470 e. The number of benzene rings is 1.